The van der Waals surface area contributed by atoms with Crippen LogP contribution >= 0.6 is 0 Å². The van der Waals surface area contributed by atoms with E-state index in [4.69, 9.17) is 8.94 Å². The lowest BCUT2D eigenvalue weighted by molar-refractivity contribution is -0.123. The maximum atomic E-state index is 12.2. The van der Waals surface area contributed by atoms with Crippen molar-refractivity contribution < 1.29 is 13.7 Å². The molecule has 3 rings (SSSR count). The summed E-state index contributed by atoms with van der Waals surface area (Å²) in [6, 6.07) is 3.67. The zero-order chi connectivity index (χ0) is 17.6. The predicted molar refractivity (Wildman–Crippen MR) is 90.5 cm³/mol. The second-order valence-corrected chi connectivity index (χ2v) is 6.49. The number of hydrogen-bond donors (Lipinski definition) is 2. The van der Waals surface area contributed by atoms with Gasteiger partial charge in [-0.3, -0.25) is 9.69 Å². The Kier molecular flexibility index (Phi) is 5.83. The largest absolute Gasteiger partial charge is 0.467 e. The van der Waals surface area contributed by atoms with Crippen LogP contribution < -0.4 is 10.6 Å². The van der Waals surface area contributed by atoms with E-state index in [1.165, 1.54) is 0 Å². The Hall–Kier alpha value is -2.19. The number of amides is 1. The van der Waals surface area contributed by atoms with E-state index in [0.717, 1.165) is 31.7 Å². The third-order valence-corrected chi connectivity index (χ3v) is 4.34. The van der Waals surface area contributed by atoms with E-state index >= 15 is 0 Å². The first kappa shape index (κ1) is 17.6. The number of furan rings is 1. The van der Waals surface area contributed by atoms with Gasteiger partial charge in [-0.25, -0.2) is 0 Å². The summed E-state index contributed by atoms with van der Waals surface area (Å²) in [5, 5.41) is 10.3. The van der Waals surface area contributed by atoms with Crippen molar-refractivity contribution in [3.05, 3.63) is 35.9 Å². The summed E-state index contributed by atoms with van der Waals surface area (Å²) in [5.74, 6) is 2.02. The molecule has 2 aromatic heterocycles. The Bertz CT molecular complexity index is 670. The van der Waals surface area contributed by atoms with Crippen LogP contribution in [-0.2, 0) is 17.9 Å². The molecule has 0 radical (unpaired) electrons. The molecule has 1 aliphatic heterocycles. The minimum Gasteiger partial charge on any atom is -0.467 e. The normalized spacial score (nSPS) is 19.7. The third-order valence-electron chi connectivity index (χ3n) is 4.34. The monoisotopic (exact) mass is 347 g/mol. The number of nitrogens with one attached hydrogen (secondary N) is 2. The van der Waals surface area contributed by atoms with Crippen LogP contribution in [0.4, 0.5) is 0 Å². The number of aryl methyl sites for hydroxylation is 1. The van der Waals surface area contributed by atoms with E-state index in [1.54, 1.807) is 13.2 Å². The molecule has 3 heterocycles. The van der Waals surface area contributed by atoms with Gasteiger partial charge in [-0.2, -0.15) is 4.98 Å². The molecule has 2 aromatic rings. The van der Waals surface area contributed by atoms with E-state index in [-0.39, 0.29) is 18.0 Å². The molecular formula is C17H25N5O3. The summed E-state index contributed by atoms with van der Waals surface area (Å²) in [4.78, 5) is 18.8. The molecule has 2 N–H and O–H groups in total. The van der Waals surface area contributed by atoms with Crippen molar-refractivity contribution in [1.82, 2.24) is 25.7 Å². The van der Waals surface area contributed by atoms with Gasteiger partial charge in [0.15, 0.2) is 5.82 Å². The topological polar surface area (TPSA) is 96.4 Å². The average molecular weight is 347 g/mol. The highest BCUT2D eigenvalue weighted by atomic mass is 16.5. The van der Waals surface area contributed by atoms with Gasteiger partial charge < -0.3 is 19.6 Å². The van der Waals surface area contributed by atoms with Crippen molar-refractivity contribution in [1.29, 1.82) is 0 Å². The first-order valence-corrected chi connectivity index (χ1v) is 8.68. The molecule has 0 bridgehead atoms. The first-order valence-electron chi connectivity index (χ1n) is 8.68. The van der Waals surface area contributed by atoms with E-state index < -0.39 is 0 Å². The Balaban J connectivity index is 1.43. The summed E-state index contributed by atoms with van der Waals surface area (Å²) in [6.07, 6.45) is 3.73. The number of nitrogens with zero attached hydrogens (tertiary/aromatic N) is 3. The summed E-state index contributed by atoms with van der Waals surface area (Å²) in [6.45, 7) is 6.63. The van der Waals surface area contributed by atoms with Crippen molar-refractivity contribution in [3.63, 3.8) is 0 Å². The quantitative estimate of drug-likeness (QED) is 0.777. The maximum absolute atomic E-state index is 12.2. The molecule has 0 unspecified atom stereocenters. The SMILES string of the molecule is Cc1nc(CN2CCC[C@H](N[C@H](C)C(=O)NCc3ccco3)C2)no1. The standard InChI is InChI=1S/C17H25N5O3/c1-12(17(23)18-9-15-6-4-8-24-15)19-14-5-3-7-22(10-14)11-16-20-13(2)25-21-16/h4,6,8,12,14,19H,3,5,7,9-11H2,1-2H3,(H,18,23)/t12-,14+/m1/s1. The molecule has 1 aliphatic rings. The molecule has 1 amide bonds. The lowest BCUT2D eigenvalue weighted by Crippen LogP contribution is -2.52. The molecule has 2 atom stereocenters. The Morgan fingerprint density at radius 1 is 1.52 bits per heavy atom. The van der Waals surface area contributed by atoms with Crippen LogP contribution in [0.1, 0.15) is 37.2 Å². The fourth-order valence-electron chi connectivity index (χ4n) is 3.11. The van der Waals surface area contributed by atoms with Gasteiger partial charge in [0.2, 0.25) is 11.8 Å². The fraction of sp³-hybridized carbons (Fsp3) is 0.588. The van der Waals surface area contributed by atoms with Crippen LogP contribution in [0.15, 0.2) is 27.3 Å². The van der Waals surface area contributed by atoms with Crippen LogP contribution in [0.5, 0.6) is 0 Å². The van der Waals surface area contributed by atoms with E-state index in [0.29, 0.717) is 24.8 Å². The van der Waals surface area contributed by atoms with Gasteiger partial charge in [0.05, 0.1) is 25.4 Å². The van der Waals surface area contributed by atoms with E-state index in [9.17, 15) is 4.79 Å². The van der Waals surface area contributed by atoms with Gasteiger partial charge in [-0.05, 0) is 38.4 Å². The summed E-state index contributed by atoms with van der Waals surface area (Å²) < 4.78 is 10.2. The molecule has 0 saturated carbocycles. The minimum atomic E-state index is -0.257. The van der Waals surface area contributed by atoms with Gasteiger partial charge in [0.25, 0.3) is 0 Å². The summed E-state index contributed by atoms with van der Waals surface area (Å²) in [5.41, 5.74) is 0. The molecule has 136 valence electrons. The van der Waals surface area contributed by atoms with Gasteiger partial charge in [-0.1, -0.05) is 5.16 Å². The number of carbonyl (C=O) groups is 1. The Morgan fingerprint density at radius 3 is 3.12 bits per heavy atom. The average Bonchev–Trinajstić information content (AvgIpc) is 3.24. The van der Waals surface area contributed by atoms with Crippen LogP contribution in [0.2, 0.25) is 0 Å². The van der Waals surface area contributed by atoms with Gasteiger partial charge >= 0.3 is 0 Å². The lowest BCUT2D eigenvalue weighted by atomic mass is 10.0. The molecule has 8 nitrogen and oxygen atoms in total. The first-order chi connectivity index (χ1) is 12.1. The van der Waals surface area contributed by atoms with Crippen LogP contribution in [0.25, 0.3) is 0 Å². The van der Waals surface area contributed by atoms with Gasteiger partial charge in [0, 0.05) is 19.5 Å². The van der Waals surface area contributed by atoms with Crippen molar-refractivity contribution in [2.75, 3.05) is 13.1 Å². The number of carbonyl (C=O) groups excluding carboxylic acids is 1. The zero-order valence-electron chi connectivity index (χ0n) is 14.7. The molecule has 8 heteroatoms. The Morgan fingerprint density at radius 2 is 2.40 bits per heavy atom. The summed E-state index contributed by atoms with van der Waals surface area (Å²) in [7, 11) is 0. The molecule has 25 heavy (non-hydrogen) atoms. The smallest absolute Gasteiger partial charge is 0.237 e. The lowest BCUT2D eigenvalue weighted by Gasteiger charge is -2.33. The highest BCUT2D eigenvalue weighted by Gasteiger charge is 2.24. The second-order valence-electron chi connectivity index (χ2n) is 6.49. The number of aromatic nitrogens is 2. The van der Waals surface area contributed by atoms with Crippen molar-refractivity contribution in [2.24, 2.45) is 0 Å². The highest BCUT2D eigenvalue weighted by molar-refractivity contribution is 5.81. The maximum Gasteiger partial charge on any atom is 0.237 e. The van der Waals surface area contributed by atoms with Gasteiger partial charge in [0.1, 0.15) is 5.76 Å². The second kappa shape index (κ2) is 8.26. The summed E-state index contributed by atoms with van der Waals surface area (Å²) >= 11 is 0. The van der Waals surface area contributed by atoms with E-state index in [2.05, 4.69) is 25.7 Å². The van der Waals surface area contributed by atoms with Crippen molar-refractivity contribution >= 4 is 5.91 Å². The minimum absolute atomic E-state index is 0.0256. The Labute approximate surface area is 146 Å². The zero-order valence-corrected chi connectivity index (χ0v) is 14.7. The molecular weight excluding hydrogens is 322 g/mol. The number of rotatable bonds is 7. The van der Waals surface area contributed by atoms with Crippen LogP contribution in [0.3, 0.4) is 0 Å². The number of hydrogen-bond acceptors (Lipinski definition) is 7. The van der Waals surface area contributed by atoms with Crippen LogP contribution in [0, 0.1) is 6.92 Å². The number of likely N-dealkylation sites (tertiary alicyclic amines) is 1. The van der Waals surface area contributed by atoms with Crippen molar-refractivity contribution in [3.8, 4) is 0 Å². The number of piperidine rings is 1. The third kappa shape index (κ3) is 5.14. The highest BCUT2D eigenvalue weighted by Crippen LogP contribution is 2.13. The van der Waals surface area contributed by atoms with Crippen molar-refractivity contribution in [2.45, 2.75) is 51.9 Å². The van der Waals surface area contributed by atoms with E-state index in [1.807, 2.05) is 19.1 Å². The fourth-order valence-corrected chi connectivity index (χ4v) is 3.11. The molecule has 0 aliphatic carbocycles. The molecule has 1 saturated heterocycles. The molecule has 0 spiro atoms. The molecule has 1 fully saturated rings. The van der Waals surface area contributed by atoms with Crippen LogP contribution in [-0.4, -0.2) is 46.1 Å². The molecule has 0 aromatic carbocycles. The predicted octanol–water partition coefficient (Wildman–Crippen LogP) is 1.23. The van der Waals surface area contributed by atoms with Gasteiger partial charge in [-0.15, -0.1) is 0 Å².